The van der Waals surface area contributed by atoms with Crippen molar-refractivity contribution >= 4 is 40.3 Å². The van der Waals surface area contributed by atoms with Gasteiger partial charge in [0.2, 0.25) is 0 Å². The average molecular weight is 582 g/mol. The zero-order valence-corrected chi connectivity index (χ0v) is 22.4. The molecule has 5 aromatic rings. The molecule has 0 spiro atoms. The van der Waals surface area contributed by atoms with Crippen LogP contribution in [0, 0.1) is 6.92 Å². The van der Waals surface area contributed by atoms with Crippen LogP contribution in [0.25, 0.3) is 22.3 Å². The van der Waals surface area contributed by atoms with Crippen LogP contribution in [0.3, 0.4) is 0 Å². The Labute approximate surface area is 237 Å². The summed E-state index contributed by atoms with van der Waals surface area (Å²) in [5.41, 5.74) is 1.45. The number of hydrogen-bond acceptors (Lipinski definition) is 4. The van der Waals surface area contributed by atoms with E-state index in [1.54, 1.807) is 36.4 Å². The molecule has 10 heteroatoms. The van der Waals surface area contributed by atoms with Gasteiger partial charge in [-0.05, 0) is 54.4 Å². The minimum Gasteiger partial charge on any atom is -0.486 e. The van der Waals surface area contributed by atoms with Crippen molar-refractivity contribution in [1.29, 1.82) is 0 Å². The van der Waals surface area contributed by atoms with Crippen LogP contribution in [0.2, 0.25) is 10.0 Å². The van der Waals surface area contributed by atoms with Gasteiger partial charge in [0.1, 0.15) is 6.61 Å². The van der Waals surface area contributed by atoms with Gasteiger partial charge < -0.3 is 4.74 Å². The van der Waals surface area contributed by atoms with Crippen molar-refractivity contribution in [3.8, 4) is 17.1 Å². The van der Waals surface area contributed by atoms with E-state index in [1.807, 2.05) is 31.2 Å². The lowest BCUT2D eigenvalue weighted by Crippen LogP contribution is -2.20. The molecule has 1 heterocycles. The Morgan fingerprint density at radius 1 is 0.950 bits per heavy atom. The normalized spacial score (nSPS) is 11.8. The molecule has 0 fully saturated rings. The third-order valence-electron chi connectivity index (χ3n) is 6.01. The Morgan fingerprint density at radius 3 is 2.40 bits per heavy atom. The largest absolute Gasteiger partial charge is 0.486 e. The Hall–Kier alpha value is -4.14. The van der Waals surface area contributed by atoms with Crippen LogP contribution in [-0.2, 0) is 12.8 Å². The quantitative estimate of drug-likeness (QED) is 0.190. The first-order valence-corrected chi connectivity index (χ1v) is 12.8. The molecule has 0 radical (unpaired) electrons. The average Bonchev–Trinajstić information content (AvgIpc) is 2.92. The van der Waals surface area contributed by atoms with E-state index < -0.39 is 17.3 Å². The monoisotopic (exact) mass is 581 g/mol. The number of nitrogens with zero attached hydrogens (tertiary/aromatic N) is 3. The number of hydrogen-bond donors (Lipinski definition) is 0. The van der Waals surface area contributed by atoms with Gasteiger partial charge in [0.05, 0.1) is 32.7 Å². The number of ether oxygens (including phenoxy) is 1. The van der Waals surface area contributed by atoms with E-state index >= 15 is 0 Å². The molecular weight excluding hydrogens is 562 g/mol. The van der Waals surface area contributed by atoms with Gasteiger partial charge in [-0.2, -0.15) is 22.9 Å². The molecule has 0 saturated carbocycles. The maximum absolute atomic E-state index is 13.4. The first kappa shape index (κ1) is 27.4. The van der Waals surface area contributed by atoms with Crippen LogP contribution < -0.4 is 10.3 Å². The van der Waals surface area contributed by atoms with Gasteiger partial charge >= 0.3 is 6.18 Å². The van der Waals surface area contributed by atoms with Crippen LogP contribution in [-0.4, -0.2) is 15.9 Å². The molecule has 0 amide bonds. The van der Waals surface area contributed by atoms with Crippen molar-refractivity contribution in [2.75, 3.05) is 0 Å². The Kier molecular flexibility index (Phi) is 7.65. The van der Waals surface area contributed by atoms with Crippen molar-refractivity contribution in [3.05, 3.63) is 128 Å². The van der Waals surface area contributed by atoms with Crippen molar-refractivity contribution in [1.82, 2.24) is 9.66 Å². The number of aryl methyl sites for hydroxylation is 1. The summed E-state index contributed by atoms with van der Waals surface area (Å²) in [5.74, 6) is 0.234. The molecule has 0 unspecified atom stereocenters. The second-order valence-electron chi connectivity index (χ2n) is 8.98. The van der Waals surface area contributed by atoms with Gasteiger partial charge in [-0.15, -0.1) is 0 Å². The highest BCUT2D eigenvalue weighted by molar-refractivity contribution is 6.37. The first-order chi connectivity index (χ1) is 19.1. The van der Waals surface area contributed by atoms with Crippen LogP contribution >= 0.6 is 23.2 Å². The summed E-state index contributed by atoms with van der Waals surface area (Å²) in [6.45, 7) is 2.24. The molecule has 5 nitrogen and oxygen atoms in total. The Bertz CT molecular complexity index is 1790. The van der Waals surface area contributed by atoms with Crippen molar-refractivity contribution in [3.63, 3.8) is 0 Å². The van der Waals surface area contributed by atoms with E-state index in [0.717, 1.165) is 27.9 Å². The SMILES string of the molecule is Cc1cccc(COc2c(Cl)cc(C=Nn3c(-c4cccc(C(F)(F)F)c4)nc4ccccc4c3=O)cc2Cl)c1. The lowest BCUT2D eigenvalue weighted by Gasteiger charge is -2.12. The molecule has 1 aromatic heterocycles. The number of alkyl halides is 3. The molecule has 0 aliphatic rings. The van der Waals surface area contributed by atoms with Gasteiger partial charge in [0, 0.05) is 5.56 Å². The molecule has 0 aliphatic carbocycles. The molecule has 0 saturated heterocycles. The van der Waals surface area contributed by atoms with Crippen LogP contribution in [0.1, 0.15) is 22.3 Å². The Balaban J connectivity index is 1.53. The summed E-state index contributed by atoms with van der Waals surface area (Å²) in [6.07, 6.45) is -3.24. The fourth-order valence-electron chi connectivity index (χ4n) is 4.13. The lowest BCUT2D eigenvalue weighted by molar-refractivity contribution is -0.137. The molecule has 202 valence electrons. The van der Waals surface area contributed by atoms with E-state index in [-0.39, 0.29) is 39.2 Å². The van der Waals surface area contributed by atoms with E-state index in [0.29, 0.717) is 11.1 Å². The number of benzene rings is 4. The maximum atomic E-state index is 13.4. The van der Waals surface area contributed by atoms with Crippen molar-refractivity contribution in [2.24, 2.45) is 5.10 Å². The van der Waals surface area contributed by atoms with E-state index in [4.69, 9.17) is 27.9 Å². The zero-order valence-electron chi connectivity index (χ0n) is 20.9. The minimum absolute atomic E-state index is 0.0543. The third kappa shape index (κ3) is 5.88. The number of para-hydroxylation sites is 1. The van der Waals surface area contributed by atoms with E-state index in [2.05, 4.69) is 10.1 Å². The molecule has 40 heavy (non-hydrogen) atoms. The highest BCUT2D eigenvalue weighted by atomic mass is 35.5. The van der Waals surface area contributed by atoms with Gasteiger partial charge in [-0.25, -0.2) is 4.98 Å². The standard InChI is InChI=1S/C30H20Cl2F3N3O2/c1-18-6-4-7-19(12-18)17-40-27-24(31)13-20(14-25(27)32)16-36-38-28(21-8-5-9-22(15-21)30(33,34)35)37-26-11-3-2-10-23(26)29(38)39/h2-16H,17H2,1H3. The summed E-state index contributed by atoms with van der Waals surface area (Å²) in [6, 6.07) is 22.0. The van der Waals surface area contributed by atoms with Gasteiger partial charge in [-0.3, -0.25) is 4.79 Å². The molecular formula is C30H20Cl2F3N3O2. The molecule has 0 atom stereocenters. The van der Waals surface area contributed by atoms with Crippen molar-refractivity contribution in [2.45, 2.75) is 19.7 Å². The summed E-state index contributed by atoms with van der Waals surface area (Å²) in [5, 5.41) is 4.99. The molecule has 5 rings (SSSR count). The lowest BCUT2D eigenvalue weighted by atomic mass is 10.1. The highest BCUT2D eigenvalue weighted by Gasteiger charge is 2.31. The zero-order chi connectivity index (χ0) is 28.4. The third-order valence-corrected chi connectivity index (χ3v) is 6.57. The maximum Gasteiger partial charge on any atom is 0.416 e. The van der Waals surface area contributed by atoms with Crippen LogP contribution in [0.5, 0.6) is 5.75 Å². The molecule has 0 N–H and O–H groups in total. The number of halogens is 5. The first-order valence-electron chi connectivity index (χ1n) is 12.0. The van der Waals surface area contributed by atoms with Crippen molar-refractivity contribution < 1.29 is 17.9 Å². The summed E-state index contributed by atoms with van der Waals surface area (Å²) < 4.78 is 47.0. The second-order valence-corrected chi connectivity index (χ2v) is 9.80. The number of aromatic nitrogens is 2. The second kappa shape index (κ2) is 11.2. The number of fused-ring (bicyclic) bond motifs is 1. The van der Waals surface area contributed by atoms with E-state index in [9.17, 15) is 18.0 Å². The fourth-order valence-corrected chi connectivity index (χ4v) is 4.74. The van der Waals surface area contributed by atoms with Crippen LogP contribution in [0.15, 0.2) is 94.8 Å². The predicted octanol–water partition coefficient (Wildman–Crippen LogP) is 8.16. The number of rotatable bonds is 6. The molecule has 0 aliphatic heterocycles. The summed E-state index contributed by atoms with van der Waals surface area (Å²) in [7, 11) is 0. The molecule has 4 aromatic carbocycles. The fraction of sp³-hybridized carbons (Fsp3) is 0.100. The smallest absolute Gasteiger partial charge is 0.416 e. The van der Waals surface area contributed by atoms with Gasteiger partial charge in [0.15, 0.2) is 11.6 Å². The summed E-state index contributed by atoms with van der Waals surface area (Å²) in [4.78, 5) is 17.8. The topological polar surface area (TPSA) is 56.5 Å². The van der Waals surface area contributed by atoms with E-state index in [1.165, 1.54) is 18.3 Å². The summed E-state index contributed by atoms with van der Waals surface area (Å²) >= 11 is 12.9. The van der Waals surface area contributed by atoms with Gasteiger partial charge in [0.25, 0.3) is 5.56 Å². The van der Waals surface area contributed by atoms with Gasteiger partial charge in [-0.1, -0.05) is 77.3 Å². The predicted molar refractivity (Wildman–Crippen MR) is 151 cm³/mol. The Morgan fingerprint density at radius 2 is 1.68 bits per heavy atom. The minimum atomic E-state index is -4.57. The van der Waals surface area contributed by atoms with Crippen LogP contribution in [0.4, 0.5) is 13.2 Å². The molecule has 0 bridgehead atoms. The highest BCUT2D eigenvalue weighted by Crippen LogP contribution is 2.35.